The Labute approximate surface area is 94.0 Å². The second-order valence-electron chi connectivity index (χ2n) is 3.52. The van der Waals surface area contributed by atoms with Gasteiger partial charge in [-0.15, -0.1) is 0 Å². The maximum atomic E-state index is 10.7. The van der Waals surface area contributed by atoms with Gasteiger partial charge >= 0.3 is 5.69 Å². The minimum Gasteiger partial charge on any atom is -0.384 e. The zero-order valence-corrected chi connectivity index (χ0v) is 9.27. The molecule has 6 nitrogen and oxygen atoms in total. The molecule has 1 aromatic rings. The summed E-state index contributed by atoms with van der Waals surface area (Å²) in [5.41, 5.74) is 5.89. The molecule has 1 heterocycles. The van der Waals surface area contributed by atoms with Gasteiger partial charge in [0.25, 0.3) is 0 Å². The van der Waals surface area contributed by atoms with Crippen molar-refractivity contribution < 1.29 is 4.92 Å². The van der Waals surface area contributed by atoms with Crippen LogP contribution in [0.15, 0.2) is 12.3 Å². The first-order chi connectivity index (χ1) is 7.65. The van der Waals surface area contributed by atoms with Crippen molar-refractivity contribution in [3.8, 4) is 0 Å². The number of nitrogen functional groups attached to an aromatic ring is 1. The molecule has 0 atom stereocenters. The van der Waals surface area contributed by atoms with Crippen LogP contribution in [0.2, 0.25) is 0 Å². The minimum atomic E-state index is -0.464. The van der Waals surface area contributed by atoms with Crippen molar-refractivity contribution in [2.75, 3.05) is 17.6 Å². The van der Waals surface area contributed by atoms with Crippen LogP contribution in [-0.4, -0.2) is 16.5 Å². The van der Waals surface area contributed by atoms with E-state index >= 15 is 0 Å². The summed E-state index contributed by atoms with van der Waals surface area (Å²) in [7, 11) is 0. The van der Waals surface area contributed by atoms with Crippen molar-refractivity contribution >= 4 is 17.2 Å². The van der Waals surface area contributed by atoms with Crippen LogP contribution in [0.3, 0.4) is 0 Å². The maximum absolute atomic E-state index is 10.7. The van der Waals surface area contributed by atoms with Gasteiger partial charge in [-0.1, -0.05) is 19.8 Å². The summed E-state index contributed by atoms with van der Waals surface area (Å²) in [5.74, 6) is 0.281. The lowest BCUT2D eigenvalue weighted by Crippen LogP contribution is -2.05. The van der Waals surface area contributed by atoms with Crippen molar-refractivity contribution in [2.24, 2.45) is 0 Å². The van der Waals surface area contributed by atoms with Crippen LogP contribution in [0.1, 0.15) is 26.2 Å². The van der Waals surface area contributed by atoms with Crippen LogP contribution in [0.5, 0.6) is 0 Å². The molecule has 0 spiro atoms. The predicted octanol–water partition coefficient (Wildman–Crippen LogP) is 2.17. The first kappa shape index (κ1) is 12.2. The number of nitro groups is 1. The average Bonchev–Trinajstić information content (AvgIpc) is 2.24. The summed E-state index contributed by atoms with van der Waals surface area (Å²) >= 11 is 0. The van der Waals surface area contributed by atoms with E-state index in [-0.39, 0.29) is 11.5 Å². The van der Waals surface area contributed by atoms with E-state index in [9.17, 15) is 10.1 Å². The van der Waals surface area contributed by atoms with Crippen LogP contribution in [0, 0.1) is 10.1 Å². The summed E-state index contributed by atoms with van der Waals surface area (Å²) < 4.78 is 0. The number of anilines is 2. The van der Waals surface area contributed by atoms with E-state index in [1.54, 1.807) is 0 Å². The van der Waals surface area contributed by atoms with Gasteiger partial charge in [-0.05, 0) is 6.42 Å². The number of nitrogens with one attached hydrogen (secondary N) is 1. The summed E-state index contributed by atoms with van der Waals surface area (Å²) in [6, 6.07) is 1.49. The van der Waals surface area contributed by atoms with Crippen LogP contribution >= 0.6 is 0 Å². The van der Waals surface area contributed by atoms with Gasteiger partial charge < -0.3 is 11.1 Å². The number of rotatable bonds is 6. The Kier molecular flexibility index (Phi) is 4.50. The van der Waals surface area contributed by atoms with Crippen LogP contribution in [-0.2, 0) is 0 Å². The quantitative estimate of drug-likeness (QED) is 0.438. The fraction of sp³-hybridized carbons (Fsp3) is 0.500. The monoisotopic (exact) mass is 224 g/mol. The Bertz CT molecular complexity index is 368. The highest BCUT2D eigenvalue weighted by Gasteiger charge is 2.13. The van der Waals surface area contributed by atoms with Crippen molar-refractivity contribution in [3.05, 3.63) is 22.4 Å². The van der Waals surface area contributed by atoms with E-state index in [1.165, 1.54) is 12.3 Å². The third-order valence-corrected chi connectivity index (χ3v) is 2.20. The SMILES string of the molecule is CCCCCNc1cc(N)ncc1[N+](=O)[O-]. The van der Waals surface area contributed by atoms with Gasteiger partial charge in [0.1, 0.15) is 17.7 Å². The van der Waals surface area contributed by atoms with E-state index in [0.29, 0.717) is 12.2 Å². The molecule has 0 aliphatic carbocycles. The van der Waals surface area contributed by atoms with Gasteiger partial charge in [-0.2, -0.15) is 0 Å². The van der Waals surface area contributed by atoms with Crippen molar-refractivity contribution in [3.63, 3.8) is 0 Å². The Hall–Kier alpha value is -1.85. The third-order valence-electron chi connectivity index (χ3n) is 2.20. The molecule has 88 valence electrons. The van der Waals surface area contributed by atoms with Crippen molar-refractivity contribution in [1.82, 2.24) is 4.98 Å². The van der Waals surface area contributed by atoms with Gasteiger partial charge in [0.2, 0.25) is 0 Å². The molecule has 1 aromatic heterocycles. The number of nitrogens with zero attached hydrogens (tertiary/aromatic N) is 2. The number of aromatic nitrogens is 1. The van der Waals surface area contributed by atoms with Crippen LogP contribution in [0.4, 0.5) is 17.2 Å². The minimum absolute atomic E-state index is 0.0364. The largest absolute Gasteiger partial charge is 0.384 e. The van der Waals surface area contributed by atoms with Crippen molar-refractivity contribution in [2.45, 2.75) is 26.2 Å². The normalized spacial score (nSPS) is 10.1. The zero-order valence-electron chi connectivity index (χ0n) is 9.27. The predicted molar refractivity (Wildman–Crippen MR) is 63.3 cm³/mol. The summed E-state index contributed by atoms with van der Waals surface area (Å²) in [6.45, 7) is 2.81. The second-order valence-corrected chi connectivity index (χ2v) is 3.52. The zero-order chi connectivity index (χ0) is 12.0. The molecule has 0 saturated carbocycles. The maximum Gasteiger partial charge on any atom is 0.310 e. The summed E-state index contributed by atoms with van der Waals surface area (Å²) in [6.07, 6.45) is 4.37. The van der Waals surface area contributed by atoms with Crippen molar-refractivity contribution in [1.29, 1.82) is 0 Å². The molecule has 16 heavy (non-hydrogen) atoms. The van der Waals surface area contributed by atoms with Gasteiger partial charge in [-0.25, -0.2) is 4.98 Å². The van der Waals surface area contributed by atoms with Gasteiger partial charge in [0.15, 0.2) is 0 Å². The molecule has 0 aliphatic heterocycles. The Morgan fingerprint density at radius 2 is 2.31 bits per heavy atom. The van der Waals surface area contributed by atoms with E-state index in [4.69, 9.17) is 5.73 Å². The second kappa shape index (κ2) is 5.89. The molecule has 3 N–H and O–H groups in total. The first-order valence-corrected chi connectivity index (χ1v) is 5.29. The van der Waals surface area contributed by atoms with Gasteiger partial charge in [-0.3, -0.25) is 10.1 Å². The molecule has 0 fully saturated rings. The topological polar surface area (TPSA) is 94.1 Å². The molecule has 0 amide bonds. The van der Waals surface area contributed by atoms with Crippen LogP contribution < -0.4 is 11.1 Å². The lowest BCUT2D eigenvalue weighted by atomic mass is 10.2. The molecule has 0 unspecified atom stereocenters. The number of hydrogen-bond acceptors (Lipinski definition) is 5. The third kappa shape index (κ3) is 3.38. The lowest BCUT2D eigenvalue weighted by Gasteiger charge is -2.06. The number of nitrogens with two attached hydrogens (primary N) is 1. The van der Waals surface area contributed by atoms with Crippen LogP contribution in [0.25, 0.3) is 0 Å². The highest BCUT2D eigenvalue weighted by molar-refractivity contribution is 5.64. The smallest absolute Gasteiger partial charge is 0.310 e. The standard InChI is InChI=1S/C10H16N4O2/c1-2-3-4-5-12-8-6-10(11)13-7-9(8)14(15)16/h6-7H,2-5H2,1H3,(H3,11,12,13). The summed E-state index contributed by atoms with van der Waals surface area (Å²) in [4.78, 5) is 13.9. The number of hydrogen-bond donors (Lipinski definition) is 2. The lowest BCUT2D eigenvalue weighted by molar-refractivity contribution is -0.384. The highest BCUT2D eigenvalue weighted by atomic mass is 16.6. The average molecular weight is 224 g/mol. The van der Waals surface area contributed by atoms with E-state index < -0.39 is 4.92 Å². The first-order valence-electron chi connectivity index (χ1n) is 5.29. The number of unbranched alkanes of at least 4 members (excludes halogenated alkanes) is 2. The fourth-order valence-corrected chi connectivity index (χ4v) is 1.35. The van der Waals surface area contributed by atoms with E-state index in [1.807, 2.05) is 0 Å². The molecule has 0 radical (unpaired) electrons. The molecular weight excluding hydrogens is 208 g/mol. The summed E-state index contributed by atoms with van der Waals surface area (Å²) in [5, 5.41) is 13.7. The van der Waals surface area contributed by atoms with Gasteiger partial charge in [0, 0.05) is 12.6 Å². The Morgan fingerprint density at radius 1 is 1.56 bits per heavy atom. The molecule has 0 saturated heterocycles. The van der Waals surface area contributed by atoms with E-state index in [2.05, 4.69) is 17.2 Å². The molecule has 0 aliphatic rings. The molecular formula is C10H16N4O2. The Balaban J connectivity index is 2.68. The number of pyridine rings is 1. The molecule has 0 aromatic carbocycles. The highest BCUT2D eigenvalue weighted by Crippen LogP contribution is 2.24. The molecule has 0 bridgehead atoms. The molecule has 6 heteroatoms. The Morgan fingerprint density at radius 3 is 2.94 bits per heavy atom. The van der Waals surface area contributed by atoms with Gasteiger partial charge in [0.05, 0.1) is 4.92 Å². The fourth-order valence-electron chi connectivity index (χ4n) is 1.35. The van der Waals surface area contributed by atoms with E-state index in [0.717, 1.165) is 19.3 Å². The molecule has 1 rings (SSSR count).